The number of anilines is 1. The Kier molecular flexibility index (Phi) is 6.82. The van der Waals surface area contributed by atoms with Crippen LogP contribution >= 0.6 is 22.9 Å². The summed E-state index contributed by atoms with van der Waals surface area (Å²) in [6.07, 6.45) is 0.186. The summed E-state index contributed by atoms with van der Waals surface area (Å²) in [4.78, 5) is 26.3. The number of benzene rings is 1. The first-order valence-corrected chi connectivity index (χ1v) is 9.95. The highest BCUT2D eigenvalue weighted by atomic mass is 35.5. The summed E-state index contributed by atoms with van der Waals surface area (Å²) in [5, 5.41) is 12.4. The van der Waals surface area contributed by atoms with Gasteiger partial charge in [-0.05, 0) is 31.2 Å². The van der Waals surface area contributed by atoms with Gasteiger partial charge < -0.3 is 19.7 Å². The Bertz CT molecular complexity index is 829. The largest absolute Gasteiger partial charge is 0.486 e. The molecule has 1 aliphatic heterocycles. The van der Waals surface area contributed by atoms with Crippen molar-refractivity contribution in [3.8, 4) is 5.75 Å². The average molecular weight is 425 g/mol. The molecular formula is C18H21ClN4O4S. The molecule has 28 heavy (non-hydrogen) atoms. The van der Waals surface area contributed by atoms with E-state index in [1.807, 2.05) is 6.92 Å². The van der Waals surface area contributed by atoms with Gasteiger partial charge in [0, 0.05) is 25.1 Å². The Morgan fingerprint density at radius 2 is 2.14 bits per heavy atom. The minimum atomic E-state index is -0.413. The fourth-order valence-electron chi connectivity index (χ4n) is 2.91. The molecule has 1 N–H and O–H groups in total. The number of aromatic nitrogens is 2. The second-order valence-electron chi connectivity index (χ2n) is 6.48. The van der Waals surface area contributed by atoms with E-state index >= 15 is 0 Å². The molecule has 1 saturated heterocycles. The number of halogens is 1. The van der Waals surface area contributed by atoms with Gasteiger partial charge in [-0.25, -0.2) is 0 Å². The predicted octanol–water partition coefficient (Wildman–Crippen LogP) is 2.59. The lowest BCUT2D eigenvalue weighted by Gasteiger charge is -2.23. The van der Waals surface area contributed by atoms with E-state index in [4.69, 9.17) is 21.1 Å². The Balaban J connectivity index is 1.51. The van der Waals surface area contributed by atoms with Gasteiger partial charge in [0.1, 0.15) is 12.4 Å². The Morgan fingerprint density at radius 1 is 1.39 bits per heavy atom. The van der Waals surface area contributed by atoms with Crippen molar-refractivity contribution in [3.05, 3.63) is 34.3 Å². The van der Waals surface area contributed by atoms with Gasteiger partial charge in [-0.1, -0.05) is 22.9 Å². The summed E-state index contributed by atoms with van der Waals surface area (Å²) in [7, 11) is 1.59. The highest BCUT2D eigenvalue weighted by Gasteiger charge is 2.36. The fraction of sp³-hybridized carbons (Fsp3) is 0.444. The molecule has 2 atom stereocenters. The highest BCUT2D eigenvalue weighted by Crippen LogP contribution is 2.24. The standard InChI is InChI=1S/C18H21ClN4O4S/c1-11(9-26-2)23-8-12(7-16(23)24)17(25)20-18-22-21-15(28-18)10-27-14-5-3-13(19)4-6-14/h3-6,11-12H,7-10H2,1-2H3,(H,20,22,25)/t11-,12-/m1/s1. The number of likely N-dealkylation sites (tertiary alicyclic amines) is 1. The smallest absolute Gasteiger partial charge is 0.231 e. The first kappa shape index (κ1) is 20.5. The molecule has 0 unspecified atom stereocenters. The van der Waals surface area contributed by atoms with Crippen LogP contribution in [0.25, 0.3) is 0 Å². The molecule has 0 saturated carbocycles. The molecule has 150 valence electrons. The van der Waals surface area contributed by atoms with Crippen LogP contribution in [-0.4, -0.2) is 53.2 Å². The van der Waals surface area contributed by atoms with Crippen LogP contribution in [0, 0.1) is 5.92 Å². The summed E-state index contributed by atoms with van der Waals surface area (Å²) in [5.41, 5.74) is 0. The lowest BCUT2D eigenvalue weighted by Crippen LogP contribution is -2.38. The second-order valence-corrected chi connectivity index (χ2v) is 7.98. The number of ether oxygens (including phenoxy) is 2. The van der Waals surface area contributed by atoms with Crippen LogP contribution in [0.2, 0.25) is 5.02 Å². The van der Waals surface area contributed by atoms with E-state index in [0.717, 1.165) is 0 Å². The normalized spacial score (nSPS) is 17.6. The number of nitrogens with one attached hydrogen (secondary N) is 1. The molecule has 8 nitrogen and oxygen atoms in total. The number of rotatable bonds is 8. The maximum absolute atomic E-state index is 12.5. The van der Waals surface area contributed by atoms with Gasteiger partial charge in [0.2, 0.25) is 16.9 Å². The summed E-state index contributed by atoms with van der Waals surface area (Å²) in [6.45, 7) is 2.95. The molecule has 0 aliphatic carbocycles. The molecule has 0 bridgehead atoms. The molecule has 1 fully saturated rings. The molecule has 0 radical (unpaired) electrons. The number of nitrogens with zero attached hydrogens (tertiary/aromatic N) is 3. The molecule has 2 heterocycles. The number of methoxy groups -OCH3 is 1. The zero-order chi connectivity index (χ0) is 20.1. The van der Waals surface area contributed by atoms with Crippen molar-refractivity contribution < 1.29 is 19.1 Å². The van der Waals surface area contributed by atoms with Gasteiger partial charge in [0.25, 0.3) is 0 Å². The van der Waals surface area contributed by atoms with Crippen molar-refractivity contribution in [2.45, 2.75) is 26.0 Å². The molecule has 1 aromatic heterocycles. The topological polar surface area (TPSA) is 93.7 Å². The van der Waals surface area contributed by atoms with Crippen LogP contribution in [0.1, 0.15) is 18.4 Å². The van der Waals surface area contributed by atoms with Crippen LogP contribution in [-0.2, 0) is 20.9 Å². The van der Waals surface area contributed by atoms with Crippen LogP contribution in [0.15, 0.2) is 24.3 Å². The van der Waals surface area contributed by atoms with E-state index < -0.39 is 5.92 Å². The van der Waals surface area contributed by atoms with Gasteiger partial charge in [-0.15, -0.1) is 10.2 Å². The van der Waals surface area contributed by atoms with Crippen LogP contribution in [0.4, 0.5) is 5.13 Å². The lowest BCUT2D eigenvalue weighted by molar-refractivity contribution is -0.130. The molecular weight excluding hydrogens is 404 g/mol. The SMILES string of the molecule is COC[C@@H](C)N1C[C@H](C(=O)Nc2nnc(COc3ccc(Cl)cc3)s2)CC1=O. The zero-order valence-electron chi connectivity index (χ0n) is 15.6. The van der Waals surface area contributed by atoms with E-state index in [2.05, 4.69) is 15.5 Å². The van der Waals surface area contributed by atoms with Gasteiger partial charge >= 0.3 is 0 Å². The molecule has 3 rings (SSSR count). The van der Waals surface area contributed by atoms with E-state index in [1.165, 1.54) is 11.3 Å². The summed E-state index contributed by atoms with van der Waals surface area (Å²) < 4.78 is 10.7. The fourth-order valence-corrected chi connectivity index (χ4v) is 3.69. The third kappa shape index (κ3) is 5.18. The first-order valence-electron chi connectivity index (χ1n) is 8.76. The van der Waals surface area contributed by atoms with Crippen molar-refractivity contribution >= 4 is 39.9 Å². The van der Waals surface area contributed by atoms with Crippen molar-refractivity contribution in [2.24, 2.45) is 5.92 Å². The minimum absolute atomic E-state index is 0.0426. The molecule has 0 spiro atoms. The lowest BCUT2D eigenvalue weighted by atomic mass is 10.1. The number of carbonyl (C=O) groups excluding carboxylic acids is 2. The van der Waals surface area contributed by atoms with Crippen molar-refractivity contribution in [1.29, 1.82) is 0 Å². The number of hydrogen-bond acceptors (Lipinski definition) is 7. The van der Waals surface area contributed by atoms with Crippen molar-refractivity contribution in [3.63, 3.8) is 0 Å². The molecule has 1 aromatic carbocycles. The monoisotopic (exact) mass is 424 g/mol. The van der Waals surface area contributed by atoms with Gasteiger partial charge in [0.05, 0.1) is 18.6 Å². The highest BCUT2D eigenvalue weighted by molar-refractivity contribution is 7.15. The van der Waals surface area contributed by atoms with Crippen LogP contribution in [0.5, 0.6) is 5.75 Å². The van der Waals surface area contributed by atoms with E-state index in [0.29, 0.717) is 34.1 Å². The third-order valence-corrected chi connectivity index (χ3v) is 5.41. The van der Waals surface area contributed by atoms with Crippen LogP contribution < -0.4 is 10.1 Å². The van der Waals surface area contributed by atoms with Crippen LogP contribution in [0.3, 0.4) is 0 Å². The molecule has 10 heteroatoms. The van der Waals surface area contributed by atoms with Crippen molar-refractivity contribution in [1.82, 2.24) is 15.1 Å². The summed E-state index contributed by atoms with van der Waals surface area (Å²) in [5.74, 6) is -0.0230. The van der Waals surface area contributed by atoms with Crippen molar-refractivity contribution in [2.75, 3.05) is 25.6 Å². The average Bonchev–Trinajstić information content (AvgIpc) is 3.28. The maximum atomic E-state index is 12.5. The maximum Gasteiger partial charge on any atom is 0.231 e. The predicted molar refractivity (Wildman–Crippen MR) is 105 cm³/mol. The molecule has 2 amide bonds. The van der Waals surface area contributed by atoms with E-state index in [-0.39, 0.29) is 30.9 Å². The third-order valence-electron chi connectivity index (χ3n) is 4.34. The Labute approximate surface area is 171 Å². The first-order chi connectivity index (χ1) is 13.5. The number of amides is 2. The number of hydrogen-bond donors (Lipinski definition) is 1. The van der Waals surface area contributed by atoms with E-state index in [9.17, 15) is 9.59 Å². The minimum Gasteiger partial charge on any atom is -0.486 e. The molecule has 2 aromatic rings. The zero-order valence-corrected chi connectivity index (χ0v) is 17.1. The summed E-state index contributed by atoms with van der Waals surface area (Å²) in [6, 6.07) is 6.94. The second kappa shape index (κ2) is 9.31. The quantitative estimate of drug-likeness (QED) is 0.700. The Hall–Kier alpha value is -2.23. The van der Waals surface area contributed by atoms with E-state index in [1.54, 1.807) is 36.3 Å². The van der Waals surface area contributed by atoms with Gasteiger partial charge in [-0.2, -0.15) is 0 Å². The number of carbonyl (C=O) groups is 2. The Morgan fingerprint density at radius 3 is 2.86 bits per heavy atom. The van der Waals surface area contributed by atoms with Gasteiger partial charge in [0.15, 0.2) is 5.01 Å². The summed E-state index contributed by atoms with van der Waals surface area (Å²) >= 11 is 7.07. The molecule has 1 aliphatic rings. The van der Waals surface area contributed by atoms with Gasteiger partial charge in [-0.3, -0.25) is 9.59 Å².